The van der Waals surface area contributed by atoms with Crippen molar-refractivity contribution in [2.45, 2.75) is 65.2 Å². The number of hydrogen-bond donors (Lipinski definition) is 2. The number of nitrogens with zero attached hydrogens (tertiary/aromatic N) is 3. The summed E-state index contributed by atoms with van der Waals surface area (Å²) in [4.78, 5) is 1.48. The number of phenols is 2. The summed E-state index contributed by atoms with van der Waals surface area (Å²) in [5.74, 6) is 0.210. The van der Waals surface area contributed by atoms with Gasteiger partial charge in [-0.2, -0.15) is 0 Å². The highest BCUT2D eigenvalue weighted by atomic mass is 16.3. The van der Waals surface area contributed by atoms with Crippen LogP contribution in [0.3, 0.4) is 0 Å². The van der Waals surface area contributed by atoms with E-state index in [1.807, 2.05) is 44.2 Å². The SMILES string of the molecule is CCC(C)(C)c1cc(-n2nc3ccccc3n2)c(O)c(C(C)(C)CC)c1O. The Morgan fingerprint density at radius 2 is 1.37 bits per heavy atom. The molecule has 3 aromatic rings. The van der Waals surface area contributed by atoms with Crippen molar-refractivity contribution in [3.05, 3.63) is 41.5 Å². The average molecular weight is 367 g/mol. The fourth-order valence-electron chi connectivity index (χ4n) is 3.29. The second-order valence-corrected chi connectivity index (χ2v) is 8.47. The summed E-state index contributed by atoms with van der Waals surface area (Å²) in [6.45, 7) is 12.4. The molecule has 0 bridgehead atoms. The number of fused-ring (bicyclic) bond motifs is 1. The third-order valence-electron chi connectivity index (χ3n) is 5.93. The minimum Gasteiger partial charge on any atom is -0.507 e. The minimum atomic E-state index is -0.394. The van der Waals surface area contributed by atoms with Crippen LogP contribution in [0.4, 0.5) is 0 Å². The Balaban J connectivity index is 2.36. The Bertz CT molecular complexity index is 954. The topological polar surface area (TPSA) is 71.2 Å². The molecule has 1 aromatic heterocycles. The van der Waals surface area contributed by atoms with Gasteiger partial charge in [-0.3, -0.25) is 0 Å². The van der Waals surface area contributed by atoms with E-state index < -0.39 is 5.41 Å². The maximum Gasteiger partial charge on any atom is 0.150 e. The molecule has 144 valence electrons. The van der Waals surface area contributed by atoms with Crippen molar-refractivity contribution in [1.29, 1.82) is 0 Å². The molecule has 0 aliphatic rings. The average Bonchev–Trinajstić information content (AvgIpc) is 3.05. The Labute approximate surface area is 160 Å². The first-order valence-electron chi connectivity index (χ1n) is 9.54. The normalized spacial score (nSPS) is 12.7. The molecule has 27 heavy (non-hydrogen) atoms. The second-order valence-electron chi connectivity index (χ2n) is 8.47. The Kier molecular flexibility index (Phi) is 4.66. The van der Waals surface area contributed by atoms with Crippen molar-refractivity contribution < 1.29 is 10.2 Å². The van der Waals surface area contributed by atoms with E-state index in [-0.39, 0.29) is 16.9 Å². The lowest BCUT2D eigenvalue weighted by molar-refractivity contribution is 0.375. The molecule has 0 atom stereocenters. The van der Waals surface area contributed by atoms with Crippen LogP contribution in [0.25, 0.3) is 16.7 Å². The predicted molar refractivity (Wildman–Crippen MR) is 109 cm³/mol. The molecule has 2 aromatic carbocycles. The molecule has 0 spiro atoms. The summed E-state index contributed by atoms with van der Waals surface area (Å²) >= 11 is 0. The van der Waals surface area contributed by atoms with Gasteiger partial charge in [-0.15, -0.1) is 15.0 Å². The van der Waals surface area contributed by atoms with Crippen molar-refractivity contribution in [2.75, 3.05) is 0 Å². The lowest BCUT2D eigenvalue weighted by Crippen LogP contribution is -2.22. The van der Waals surface area contributed by atoms with Crippen LogP contribution in [-0.2, 0) is 10.8 Å². The first kappa shape index (κ1) is 19.2. The number of benzene rings is 2. The van der Waals surface area contributed by atoms with Gasteiger partial charge in [0.2, 0.25) is 0 Å². The van der Waals surface area contributed by atoms with Gasteiger partial charge >= 0.3 is 0 Å². The van der Waals surface area contributed by atoms with Crippen molar-refractivity contribution >= 4 is 11.0 Å². The fraction of sp³-hybridized carbons (Fsp3) is 0.455. The molecule has 0 radical (unpaired) electrons. The van der Waals surface area contributed by atoms with E-state index in [1.54, 1.807) is 0 Å². The number of hydrogen-bond acceptors (Lipinski definition) is 4. The first-order chi connectivity index (χ1) is 12.6. The van der Waals surface area contributed by atoms with Crippen LogP contribution in [0, 0.1) is 0 Å². The quantitative estimate of drug-likeness (QED) is 0.649. The van der Waals surface area contributed by atoms with Gasteiger partial charge in [-0.1, -0.05) is 53.7 Å². The third-order valence-corrected chi connectivity index (χ3v) is 5.93. The Hall–Kier alpha value is -2.56. The van der Waals surface area contributed by atoms with E-state index >= 15 is 0 Å². The molecule has 0 fully saturated rings. The summed E-state index contributed by atoms with van der Waals surface area (Å²) in [5.41, 5.74) is 2.73. The zero-order valence-electron chi connectivity index (χ0n) is 17.0. The van der Waals surface area contributed by atoms with Gasteiger partial charge in [0.15, 0.2) is 5.75 Å². The molecule has 0 amide bonds. The number of aromatic hydroxyl groups is 2. The molecule has 0 aliphatic heterocycles. The van der Waals surface area contributed by atoms with Gasteiger partial charge in [0.05, 0.1) is 0 Å². The molecule has 5 heteroatoms. The van der Waals surface area contributed by atoms with Gasteiger partial charge in [0.1, 0.15) is 22.5 Å². The van der Waals surface area contributed by atoms with Crippen molar-refractivity contribution in [1.82, 2.24) is 15.0 Å². The van der Waals surface area contributed by atoms with Crippen LogP contribution in [0.1, 0.15) is 65.5 Å². The maximum absolute atomic E-state index is 11.1. The van der Waals surface area contributed by atoms with Crippen LogP contribution >= 0.6 is 0 Å². The van der Waals surface area contributed by atoms with Crippen LogP contribution in [0.2, 0.25) is 0 Å². The Morgan fingerprint density at radius 3 is 1.85 bits per heavy atom. The maximum atomic E-state index is 11.1. The monoisotopic (exact) mass is 367 g/mol. The number of rotatable bonds is 5. The standard InChI is InChI=1S/C22H29N3O2/c1-7-21(3,4)14-13-17(20(27)18(19(14)26)22(5,6)8-2)25-23-15-11-9-10-12-16(15)24-25/h9-13,26-27H,7-8H2,1-6H3. The molecule has 0 saturated carbocycles. The van der Waals surface area contributed by atoms with Gasteiger partial charge in [-0.05, 0) is 41.9 Å². The lowest BCUT2D eigenvalue weighted by atomic mass is 9.75. The second kappa shape index (κ2) is 6.55. The summed E-state index contributed by atoms with van der Waals surface area (Å²) in [7, 11) is 0. The molecule has 0 aliphatic carbocycles. The molecule has 0 unspecified atom stereocenters. The summed E-state index contributed by atoms with van der Waals surface area (Å²) in [5, 5.41) is 31.3. The molecule has 2 N–H and O–H groups in total. The van der Waals surface area contributed by atoms with Crippen LogP contribution in [0.5, 0.6) is 11.5 Å². The van der Waals surface area contributed by atoms with E-state index in [9.17, 15) is 10.2 Å². The smallest absolute Gasteiger partial charge is 0.150 e. The summed E-state index contributed by atoms with van der Waals surface area (Å²) in [6, 6.07) is 9.43. The van der Waals surface area contributed by atoms with Gasteiger partial charge in [-0.25, -0.2) is 0 Å². The van der Waals surface area contributed by atoms with Gasteiger partial charge < -0.3 is 10.2 Å². The molecule has 0 saturated heterocycles. The molecule has 5 nitrogen and oxygen atoms in total. The van der Waals surface area contributed by atoms with Gasteiger partial charge in [0, 0.05) is 11.1 Å². The zero-order valence-corrected chi connectivity index (χ0v) is 17.0. The fourth-order valence-corrected chi connectivity index (χ4v) is 3.29. The minimum absolute atomic E-state index is 0.0373. The van der Waals surface area contributed by atoms with Crippen LogP contribution in [0.15, 0.2) is 30.3 Å². The Morgan fingerprint density at radius 1 is 0.852 bits per heavy atom. The van der Waals surface area contributed by atoms with Crippen molar-refractivity contribution in [2.24, 2.45) is 0 Å². The van der Waals surface area contributed by atoms with Crippen LogP contribution in [-0.4, -0.2) is 25.2 Å². The van der Waals surface area contributed by atoms with Crippen LogP contribution < -0.4 is 0 Å². The molecule has 3 rings (SSSR count). The van der Waals surface area contributed by atoms with E-state index in [0.717, 1.165) is 29.4 Å². The van der Waals surface area contributed by atoms with Gasteiger partial charge in [0.25, 0.3) is 0 Å². The highest BCUT2D eigenvalue weighted by Gasteiger charge is 2.34. The highest BCUT2D eigenvalue weighted by molar-refractivity contribution is 5.74. The lowest BCUT2D eigenvalue weighted by Gasteiger charge is -2.32. The van der Waals surface area contributed by atoms with E-state index in [4.69, 9.17) is 0 Å². The summed E-state index contributed by atoms with van der Waals surface area (Å²) in [6.07, 6.45) is 1.63. The highest BCUT2D eigenvalue weighted by Crippen LogP contribution is 2.48. The predicted octanol–water partition coefficient (Wildman–Crippen LogP) is 5.21. The summed E-state index contributed by atoms with van der Waals surface area (Å²) < 4.78 is 0. The van der Waals surface area contributed by atoms with Crippen molar-refractivity contribution in [3.8, 4) is 17.2 Å². The zero-order chi connectivity index (χ0) is 20.0. The largest absolute Gasteiger partial charge is 0.507 e. The third kappa shape index (κ3) is 3.15. The first-order valence-corrected chi connectivity index (χ1v) is 9.54. The molecular weight excluding hydrogens is 338 g/mol. The molecule has 1 heterocycles. The molecular formula is C22H29N3O2. The van der Waals surface area contributed by atoms with Crippen molar-refractivity contribution in [3.63, 3.8) is 0 Å². The van der Waals surface area contributed by atoms with E-state index in [1.165, 1.54) is 4.80 Å². The van der Waals surface area contributed by atoms with E-state index in [0.29, 0.717) is 11.3 Å². The number of phenolic OH excluding ortho intramolecular Hbond substituents is 2. The number of aromatic nitrogens is 3. The van der Waals surface area contributed by atoms with E-state index in [2.05, 4.69) is 37.9 Å².